The number of Topliss-reactive ketones (excluding diaryl/α,β-unsaturated/α-hetero) is 1. The highest BCUT2D eigenvalue weighted by Crippen LogP contribution is 2.11. The quantitative estimate of drug-likeness (QED) is 0.387. The Morgan fingerprint density at radius 3 is 2.35 bits per heavy atom. The number of carbonyl (C=O) groups excluding carboxylic acids is 3. The van der Waals surface area contributed by atoms with Crippen LogP contribution in [0.1, 0.15) is 40.1 Å². The molecule has 0 aliphatic carbocycles. The van der Waals surface area contributed by atoms with Gasteiger partial charge in [0.2, 0.25) is 5.78 Å². The monoisotopic (exact) mass is 465 g/mol. The van der Waals surface area contributed by atoms with Crippen molar-refractivity contribution in [2.75, 3.05) is 6.54 Å². The Hall–Kier alpha value is -2.22. The fourth-order valence-electron chi connectivity index (χ4n) is 2.32. The summed E-state index contributed by atoms with van der Waals surface area (Å²) in [6.07, 6.45) is -0.0252. The molecule has 0 aliphatic heterocycles. The van der Waals surface area contributed by atoms with Gasteiger partial charge >= 0.3 is 5.97 Å². The van der Waals surface area contributed by atoms with Crippen molar-refractivity contribution in [3.8, 4) is 0 Å². The van der Waals surface area contributed by atoms with E-state index < -0.39 is 12.1 Å². The second-order valence-corrected chi connectivity index (χ2v) is 6.87. The molecule has 1 atom stereocenters. The number of rotatable bonds is 7. The standard InChI is InChI=1S/C20H20INO4/c1-3-14-8-10-15(11-9-14)19(24)13(2)26-18(23)12-22-20(25)16-6-4-5-7-17(16)21/h4-11,13H,3,12H2,1-2H3,(H,22,25). The maximum atomic E-state index is 12.3. The fourth-order valence-corrected chi connectivity index (χ4v) is 2.96. The van der Waals surface area contributed by atoms with Gasteiger partial charge in [0.15, 0.2) is 6.10 Å². The average Bonchev–Trinajstić information content (AvgIpc) is 2.66. The van der Waals surface area contributed by atoms with Gasteiger partial charge in [-0.1, -0.05) is 43.3 Å². The molecule has 0 heterocycles. The Balaban J connectivity index is 1.87. The summed E-state index contributed by atoms with van der Waals surface area (Å²) in [5.41, 5.74) is 2.11. The molecule has 1 N–H and O–H groups in total. The minimum atomic E-state index is -0.913. The van der Waals surface area contributed by atoms with Crippen molar-refractivity contribution in [3.63, 3.8) is 0 Å². The normalized spacial score (nSPS) is 11.5. The lowest BCUT2D eigenvalue weighted by Gasteiger charge is -2.13. The van der Waals surface area contributed by atoms with Crippen molar-refractivity contribution in [2.24, 2.45) is 0 Å². The third-order valence-electron chi connectivity index (χ3n) is 3.84. The van der Waals surface area contributed by atoms with Crippen LogP contribution in [0.2, 0.25) is 0 Å². The smallest absolute Gasteiger partial charge is 0.326 e. The predicted octanol–water partition coefficient (Wildman–Crippen LogP) is 3.40. The Morgan fingerprint density at radius 2 is 1.73 bits per heavy atom. The third kappa shape index (κ3) is 5.39. The van der Waals surface area contributed by atoms with E-state index in [1.54, 1.807) is 30.3 Å². The van der Waals surface area contributed by atoms with E-state index in [9.17, 15) is 14.4 Å². The highest BCUT2D eigenvalue weighted by Gasteiger charge is 2.20. The van der Waals surface area contributed by atoms with Gasteiger partial charge in [-0.3, -0.25) is 14.4 Å². The Bertz CT molecular complexity index is 802. The zero-order chi connectivity index (χ0) is 19.1. The summed E-state index contributed by atoms with van der Waals surface area (Å²) in [5.74, 6) is -1.29. The largest absolute Gasteiger partial charge is 0.453 e. The van der Waals surface area contributed by atoms with Crippen LogP contribution in [0, 0.1) is 3.57 Å². The third-order valence-corrected chi connectivity index (χ3v) is 4.78. The number of carbonyl (C=O) groups is 3. The minimum Gasteiger partial charge on any atom is -0.453 e. The van der Waals surface area contributed by atoms with Gasteiger partial charge in [0.05, 0.1) is 5.56 Å². The maximum absolute atomic E-state index is 12.3. The van der Waals surface area contributed by atoms with Crippen molar-refractivity contribution < 1.29 is 19.1 Å². The lowest BCUT2D eigenvalue weighted by atomic mass is 10.0. The van der Waals surface area contributed by atoms with Crippen molar-refractivity contribution in [1.29, 1.82) is 0 Å². The van der Waals surface area contributed by atoms with Gasteiger partial charge in [0, 0.05) is 9.13 Å². The highest BCUT2D eigenvalue weighted by atomic mass is 127. The van der Waals surface area contributed by atoms with E-state index in [0.717, 1.165) is 15.6 Å². The van der Waals surface area contributed by atoms with Crippen molar-refractivity contribution in [3.05, 3.63) is 68.8 Å². The van der Waals surface area contributed by atoms with Gasteiger partial charge in [-0.25, -0.2) is 0 Å². The Labute approximate surface area is 166 Å². The first kappa shape index (κ1) is 20.1. The summed E-state index contributed by atoms with van der Waals surface area (Å²) in [6, 6.07) is 14.3. The fraction of sp³-hybridized carbons (Fsp3) is 0.250. The molecule has 2 aromatic rings. The maximum Gasteiger partial charge on any atom is 0.326 e. The number of esters is 1. The molecule has 0 saturated carbocycles. The number of amides is 1. The van der Waals surface area contributed by atoms with E-state index >= 15 is 0 Å². The Kier molecular flexibility index (Phi) is 7.32. The van der Waals surface area contributed by atoms with Crippen LogP contribution in [0.3, 0.4) is 0 Å². The molecule has 0 radical (unpaired) electrons. The van der Waals surface area contributed by atoms with E-state index in [0.29, 0.717) is 11.1 Å². The summed E-state index contributed by atoms with van der Waals surface area (Å²) in [4.78, 5) is 36.3. The SMILES string of the molecule is CCc1ccc(C(=O)C(C)OC(=O)CNC(=O)c2ccccc2I)cc1. The first-order valence-corrected chi connectivity index (χ1v) is 9.35. The zero-order valence-corrected chi connectivity index (χ0v) is 16.8. The topological polar surface area (TPSA) is 72.5 Å². The molecule has 5 nitrogen and oxygen atoms in total. The van der Waals surface area contributed by atoms with Crippen LogP contribution in [0.25, 0.3) is 0 Å². The number of ketones is 1. The number of benzene rings is 2. The number of halogens is 1. The molecule has 0 aliphatic rings. The van der Waals surface area contributed by atoms with Crippen LogP contribution in [0.15, 0.2) is 48.5 Å². The molecule has 0 saturated heterocycles. The molecular formula is C20H20INO4. The van der Waals surface area contributed by atoms with E-state index in [2.05, 4.69) is 27.9 Å². The molecule has 0 aromatic heterocycles. The number of aryl methyl sites for hydroxylation is 1. The molecule has 26 heavy (non-hydrogen) atoms. The van der Waals surface area contributed by atoms with E-state index in [1.165, 1.54) is 6.92 Å². The Morgan fingerprint density at radius 1 is 1.08 bits per heavy atom. The lowest BCUT2D eigenvalue weighted by molar-refractivity contribution is -0.145. The minimum absolute atomic E-state index is 0.273. The zero-order valence-electron chi connectivity index (χ0n) is 14.6. The molecule has 6 heteroatoms. The van der Waals surface area contributed by atoms with Gasteiger partial charge < -0.3 is 10.1 Å². The average molecular weight is 465 g/mol. The molecule has 2 rings (SSSR count). The molecule has 136 valence electrons. The molecule has 0 spiro atoms. The van der Waals surface area contributed by atoms with Crippen molar-refractivity contribution in [2.45, 2.75) is 26.4 Å². The van der Waals surface area contributed by atoms with Crippen LogP contribution >= 0.6 is 22.6 Å². The van der Waals surface area contributed by atoms with Crippen LogP contribution in [-0.4, -0.2) is 30.3 Å². The van der Waals surface area contributed by atoms with E-state index in [4.69, 9.17) is 4.74 Å². The van der Waals surface area contributed by atoms with Gasteiger partial charge in [0.25, 0.3) is 5.91 Å². The van der Waals surface area contributed by atoms with Crippen LogP contribution < -0.4 is 5.32 Å². The summed E-state index contributed by atoms with van der Waals surface area (Å²) < 4.78 is 5.92. The van der Waals surface area contributed by atoms with Gasteiger partial charge in [0.1, 0.15) is 6.54 Å². The molecule has 0 bridgehead atoms. The summed E-state index contributed by atoms with van der Waals surface area (Å²) in [7, 11) is 0. The van der Waals surface area contributed by atoms with Crippen molar-refractivity contribution >= 4 is 40.3 Å². The first-order valence-electron chi connectivity index (χ1n) is 8.27. The number of ether oxygens (including phenoxy) is 1. The number of hydrogen-bond donors (Lipinski definition) is 1. The first-order chi connectivity index (χ1) is 12.4. The second-order valence-electron chi connectivity index (χ2n) is 5.71. The van der Waals surface area contributed by atoms with E-state index in [1.807, 2.05) is 25.1 Å². The molecule has 0 fully saturated rings. The lowest BCUT2D eigenvalue weighted by Crippen LogP contribution is -2.34. The second kappa shape index (κ2) is 9.47. The van der Waals surface area contributed by atoms with Gasteiger partial charge in [-0.2, -0.15) is 0 Å². The van der Waals surface area contributed by atoms with Gasteiger partial charge in [-0.05, 0) is 53.6 Å². The highest BCUT2D eigenvalue weighted by molar-refractivity contribution is 14.1. The molecular weight excluding hydrogens is 445 g/mol. The van der Waals surface area contributed by atoms with Crippen LogP contribution in [0.4, 0.5) is 0 Å². The predicted molar refractivity (Wildman–Crippen MR) is 107 cm³/mol. The summed E-state index contributed by atoms with van der Waals surface area (Å²) in [5, 5.41) is 2.51. The summed E-state index contributed by atoms with van der Waals surface area (Å²) >= 11 is 2.05. The van der Waals surface area contributed by atoms with Crippen molar-refractivity contribution in [1.82, 2.24) is 5.32 Å². The van der Waals surface area contributed by atoms with Crippen LogP contribution in [0.5, 0.6) is 0 Å². The molecule has 1 unspecified atom stereocenters. The van der Waals surface area contributed by atoms with Gasteiger partial charge in [-0.15, -0.1) is 0 Å². The van der Waals surface area contributed by atoms with E-state index in [-0.39, 0.29) is 18.2 Å². The molecule has 2 aromatic carbocycles. The summed E-state index contributed by atoms with van der Waals surface area (Å²) in [6.45, 7) is 3.26. The molecule has 1 amide bonds. The number of nitrogens with one attached hydrogen (secondary N) is 1. The number of hydrogen-bond acceptors (Lipinski definition) is 4. The van der Waals surface area contributed by atoms with Crippen LogP contribution in [-0.2, 0) is 16.0 Å².